The Kier molecular flexibility index (Phi) is 5.68. The zero-order chi connectivity index (χ0) is 22.3. The van der Waals surface area contributed by atoms with Gasteiger partial charge in [0.2, 0.25) is 0 Å². The van der Waals surface area contributed by atoms with Gasteiger partial charge in [-0.15, -0.1) is 0 Å². The summed E-state index contributed by atoms with van der Waals surface area (Å²) in [6, 6.07) is 33.9. The first-order chi connectivity index (χ1) is 15.5. The first-order valence-corrected chi connectivity index (χ1v) is 12.4. The third-order valence-corrected chi connectivity index (χ3v) is 7.20. The van der Waals surface area contributed by atoms with Gasteiger partial charge in [0.1, 0.15) is 0 Å². The molecule has 0 aliphatic carbocycles. The van der Waals surface area contributed by atoms with E-state index >= 15 is 0 Å². The molecule has 4 aromatic carbocycles. The maximum Gasteiger partial charge on any atom is 0.186 e. The summed E-state index contributed by atoms with van der Waals surface area (Å²) in [5.41, 5.74) is 6.83. The average molecular weight is 593 g/mol. The van der Waals surface area contributed by atoms with Crippen LogP contribution in [0.1, 0.15) is 23.6 Å². The Morgan fingerprint density at radius 1 is 0.812 bits per heavy atom. The maximum atomic E-state index is 5.43. The highest BCUT2D eigenvalue weighted by Crippen LogP contribution is 2.41. The van der Waals surface area contributed by atoms with Crippen molar-refractivity contribution in [3.05, 3.63) is 118 Å². The molecule has 0 saturated heterocycles. The van der Waals surface area contributed by atoms with Crippen molar-refractivity contribution in [2.45, 2.75) is 17.5 Å². The highest BCUT2D eigenvalue weighted by atomic mass is 127. The first-order valence-electron chi connectivity index (χ1n) is 10.6. The van der Waals surface area contributed by atoms with E-state index in [1.165, 1.54) is 27.4 Å². The summed E-state index contributed by atoms with van der Waals surface area (Å²) in [7, 11) is 0. The molecule has 0 saturated carbocycles. The summed E-state index contributed by atoms with van der Waals surface area (Å²) in [4.78, 5) is 5.43. The molecule has 0 radical (unpaired) electrons. The molecule has 1 atom stereocenters. The van der Waals surface area contributed by atoms with E-state index < -0.39 is 3.67 Å². The lowest BCUT2D eigenvalue weighted by Crippen LogP contribution is -2.23. The van der Waals surface area contributed by atoms with Crippen molar-refractivity contribution in [3.8, 4) is 0 Å². The largest absolute Gasteiger partial charge is 0.307 e. The quantitative estimate of drug-likeness (QED) is 0.0862. The molecule has 0 N–H and O–H groups in total. The highest BCUT2D eigenvalue weighted by molar-refractivity contribution is 14.1. The number of hydrogen-bond acceptors (Lipinski definition) is 1. The van der Waals surface area contributed by atoms with Crippen molar-refractivity contribution in [2.75, 3.05) is 0 Å². The summed E-state index contributed by atoms with van der Waals surface area (Å²) in [6.07, 6.45) is 0. The van der Waals surface area contributed by atoms with E-state index in [2.05, 4.69) is 148 Å². The molecule has 0 spiro atoms. The number of hydrogen-bond donors (Lipinski definition) is 0. The van der Waals surface area contributed by atoms with E-state index in [-0.39, 0.29) is 0 Å². The van der Waals surface area contributed by atoms with Crippen LogP contribution in [0.5, 0.6) is 0 Å². The molecule has 4 heteroatoms. The van der Waals surface area contributed by atoms with E-state index in [0.29, 0.717) is 0 Å². The molecular weight excluding hydrogens is 571 g/mol. The van der Waals surface area contributed by atoms with Crippen molar-refractivity contribution in [2.24, 2.45) is 4.99 Å². The van der Waals surface area contributed by atoms with E-state index in [9.17, 15) is 0 Å². The maximum absolute atomic E-state index is 5.43. The summed E-state index contributed by atoms with van der Waals surface area (Å²) in [6.45, 7) is 4.33. The fourth-order valence-electron chi connectivity index (χ4n) is 4.38. The number of alkyl halides is 1. The van der Waals surface area contributed by atoms with Crippen molar-refractivity contribution < 1.29 is 0 Å². The van der Waals surface area contributed by atoms with Crippen LogP contribution in [0.4, 0.5) is 0 Å². The van der Waals surface area contributed by atoms with E-state index in [1.54, 1.807) is 0 Å². The Bertz CT molecular complexity index is 1470. The smallest absolute Gasteiger partial charge is 0.186 e. The van der Waals surface area contributed by atoms with Crippen molar-refractivity contribution in [3.63, 3.8) is 0 Å². The Balaban J connectivity index is 1.82. The van der Waals surface area contributed by atoms with Gasteiger partial charge in [-0.25, -0.2) is 4.99 Å². The zero-order valence-electron chi connectivity index (χ0n) is 17.9. The molecule has 32 heavy (non-hydrogen) atoms. The summed E-state index contributed by atoms with van der Waals surface area (Å²) in [5.74, 6) is 0. The third kappa shape index (κ3) is 3.69. The number of fused-ring (bicyclic) bond motifs is 3. The van der Waals surface area contributed by atoms with Crippen LogP contribution in [0.2, 0.25) is 0 Å². The monoisotopic (exact) mass is 592 g/mol. The molecule has 158 valence electrons. The summed E-state index contributed by atoms with van der Waals surface area (Å²) >= 11 is 6.27. The first kappa shape index (κ1) is 21.4. The van der Waals surface area contributed by atoms with Gasteiger partial charge >= 0.3 is 0 Å². The number of aliphatic imine (C=N–C) groups is 1. The SMILES string of the molecule is Cc1ccccc1C(=NC(C)(I)n1c2ccccc2c2c(Br)cccc21)c1ccccc1. The van der Waals surface area contributed by atoms with Gasteiger partial charge in [-0.1, -0.05) is 94.8 Å². The minimum atomic E-state index is -0.548. The number of halogens is 2. The molecule has 1 heterocycles. The van der Waals surface area contributed by atoms with Gasteiger partial charge in [0.15, 0.2) is 3.67 Å². The minimum absolute atomic E-state index is 0.548. The van der Waals surface area contributed by atoms with Gasteiger partial charge in [-0.05, 0) is 60.2 Å². The van der Waals surface area contributed by atoms with E-state index in [4.69, 9.17) is 4.99 Å². The van der Waals surface area contributed by atoms with Crippen LogP contribution >= 0.6 is 38.5 Å². The van der Waals surface area contributed by atoms with E-state index in [1.807, 2.05) is 6.07 Å². The Morgan fingerprint density at radius 2 is 1.47 bits per heavy atom. The molecule has 0 aliphatic heterocycles. The standard InChI is InChI=1S/C28H22BrIN2/c1-19-11-6-7-14-21(19)27(20-12-4-3-5-13-20)31-28(2,30)32-24-17-9-8-15-22(24)26-23(29)16-10-18-25(26)32/h3-18H,1-2H3. The lowest BCUT2D eigenvalue weighted by molar-refractivity contribution is 0.581. The number of para-hydroxylation sites is 1. The number of benzene rings is 4. The van der Waals surface area contributed by atoms with Gasteiger partial charge in [-0.3, -0.25) is 0 Å². The topological polar surface area (TPSA) is 17.3 Å². The molecule has 5 aromatic rings. The second-order valence-electron chi connectivity index (χ2n) is 8.03. The fraction of sp³-hybridized carbons (Fsp3) is 0.107. The lowest BCUT2D eigenvalue weighted by atomic mass is 9.98. The van der Waals surface area contributed by atoms with Gasteiger partial charge in [0.25, 0.3) is 0 Å². The predicted octanol–water partition coefficient (Wildman–Crippen LogP) is 8.47. The fourth-order valence-corrected chi connectivity index (χ4v) is 5.71. The summed E-state index contributed by atoms with van der Waals surface area (Å²) in [5, 5.41) is 2.45. The molecule has 5 rings (SSSR count). The molecule has 0 aliphatic rings. The third-order valence-electron chi connectivity index (χ3n) is 5.82. The number of aryl methyl sites for hydroxylation is 1. The predicted molar refractivity (Wildman–Crippen MR) is 148 cm³/mol. The van der Waals surface area contributed by atoms with Gasteiger partial charge in [-0.2, -0.15) is 0 Å². The normalized spacial score (nSPS) is 14.1. The van der Waals surface area contributed by atoms with Gasteiger partial charge in [0, 0.05) is 26.4 Å². The molecule has 0 amide bonds. The van der Waals surface area contributed by atoms with Gasteiger partial charge in [0.05, 0.1) is 16.7 Å². The van der Waals surface area contributed by atoms with Crippen LogP contribution in [0.15, 0.2) is 107 Å². The molecule has 1 aromatic heterocycles. The van der Waals surface area contributed by atoms with E-state index in [0.717, 1.165) is 21.3 Å². The average Bonchev–Trinajstić information content (AvgIpc) is 3.15. The van der Waals surface area contributed by atoms with Crippen LogP contribution in [0.3, 0.4) is 0 Å². The van der Waals surface area contributed by atoms with Crippen molar-refractivity contribution in [1.82, 2.24) is 4.57 Å². The van der Waals surface area contributed by atoms with Gasteiger partial charge < -0.3 is 4.57 Å². The Morgan fingerprint density at radius 3 is 2.25 bits per heavy atom. The minimum Gasteiger partial charge on any atom is -0.307 e. The lowest BCUT2D eigenvalue weighted by Gasteiger charge is -2.25. The molecular formula is C28H22BrIN2. The Labute approximate surface area is 210 Å². The molecule has 2 nitrogen and oxygen atoms in total. The van der Waals surface area contributed by atoms with Crippen LogP contribution in [-0.4, -0.2) is 10.3 Å². The number of aromatic nitrogens is 1. The van der Waals surface area contributed by atoms with Crippen molar-refractivity contribution >= 4 is 66.0 Å². The second kappa shape index (κ2) is 8.49. The van der Waals surface area contributed by atoms with Crippen LogP contribution in [-0.2, 0) is 3.67 Å². The van der Waals surface area contributed by atoms with Crippen LogP contribution < -0.4 is 0 Å². The van der Waals surface area contributed by atoms with Crippen LogP contribution in [0, 0.1) is 6.92 Å². The highest BCUT2D eigenvalue weighted by Gasteiger charge is 2.28. The Hall–Kier alpha value is -2.44. The number of rotatable bonds is 4. The zero-order valence-corrected chi connectivity index (χ0v) is 21.6. The number of nitrogens with zero attached hydrogens (tertiary/aromatic N) is 2. The van der Waals surface area contributed by atoms with Crippen molar-refractivity contribution in [1.29, 1.82) is 0 Å². The second-order valence-corrected chi connectivity index (χ2v) is 10.9. The summed E-state index contributed by atoms with van der Waals surface area (Å²) < 4.78 is 2.90. The molecule has 0 fully saturated rings. The molecule has 0 bridgehead atoms. The van der Waals surface area contributed by atoms with Crippen LogP contribution in [0.25, 0.3) is 21.8 Å². The molecule has 1 unspecified atom stereocenters.